The highest BCUT2D eigenvalue weighted by molar-refractivity contribution is 7.80. The minimum absolute atomic E-state index is 0.0143. The minimum atomic E-state index is -0.482. The molecular formula is C8H7ClFNOS. The average molecular weight is 220 g/mol. The van der Waals surface area contributed by atoms with Crippen LogP contribution in [0.1, 0.15) is 0 Å². The molecule has 5 heteroatoms. The molecule has 70 valence electrons. The van der Waals surface area contributed by atoms with Crippen LogP contribution in [0.3, 0.4) is 0 Å². The minimum Gasteiger partial charge on any atom is -0.486 e. The van der Waals surface area contributed by atoms with Crippen LogP contribution in [0.15, 0.2) is 18.2 Å². The SMILES string of the molecule is NC(=S)COc1ccc(F)c(Cl)c1. The van der Waals surface area contributed by atoms with Crippen molar-refractivity contribution in [2.45, 2.75) is 0 Å². The van der Waals surface area contributed by atoms with Crippen molar-refractivity contribution < 1.29 is 9.13 Å². The van der Waals surface area contributed by atoms with Crippen molar-refractivity contribution in [1.82, 2.24) is 0 Å². The fourth-order valence-corrected chi connectivity index (χ4v) is 0.951. The lowest BCUT2D eigenvalue weighted by molar-refractivity contribution is 0.377. The van der Waals surface area contributed by atoms with Gasteiger partial charge in [-0.1, -0.05) is 23.8 Å². The van der Waals surface area contributed by atoms with E-state index in [1.165, 1.54) is 18.2 Å². The molecule has 0 saturated carbocycles. The summed E-state index contributed by atoms with van der Waals surface area (Å²) in [5.74, 6) is -0.0384. The Hall–Kier alpha value is -0.870. The summed E-state index contributed by atoms with van der Waals surface area (Å²) in [5.41, 5.74) is 5.21. The van der Waals surface area contributed by atoms with Gasteiger partial charge in [-0.05, 0) is 12.1 Å². The first-order valence-electron chi connectivity index (χ1n) is 3.46. The van der Waals surface area contributed by atoms with Crippen LogP contribution < -0.4 is 10.5 Å². The van der Waals surface area contributed by atoms with E-state index in [2.05, 4.69) is 12.2 Å². The van der Waals surface area contributed by atoms with Gasteiger partial charge in [-0.2, -0.15) is 0 Å². The molecule has 1 rings (SSSR count). The Morgan fingerprint density at radius 3 is 2.85 bits per heavy atom. The number of rotatable bonds is 3. The van der Waals surface area contributed by atoms with Gasteiger partial charge in [0.15, 0.2) is 0 Å². The van der Waals surface area contributed by atoms with Crippen molar-refractivity contribution in [2.75, 3.05) is 6.61 Å². The number of thiocarbonyl (C=S) groups is 1. The molecule has 0 aliphatic carbocycles. The number of hydrogen-bond donors (Lipinski definition) is 1. The molecule has 0 aliphatic rings. The number of halogens is 2. The standard InChI is InChI=1S/C8H7ClFNOS/c9-6-3-5(1-2-7(6)10)12-4-8(11)13/h1-3H,4H2,(H2,11,13). The maximum absolute atomic E-state index is 12.7. The molecule has 0 radical (unpaired) electrons. The van der Waals surface area contributed by atoms with Crippen LogP contribution >= 0.6 is 23.8 Å². The van der Waals surface area contributed by atoms with Crippen LogP contribution in [0.4, 0.5) is 4.39 Å². The van der Waals surface area contributed by atoms with Crippen LogP contribution in [0.2, 0.25) is 5.02 Å². The molecule has 1 aromatic carbocycles. The highest BCUT2D eigenvalue weighted by Gasteiger charge is 2.01. The first-order valence-corrected chi connectivity index (χ1v) is 4.24. The summed E-state index contributed by atoms with van der Waals surface area (Å²) in [6.45, 7) is 0.122. The van der Waals surface area contributed by atoms with E-state index < -0.39 is 5.82 Å². The fourth-order valence-electron chi connectivity index (χ4n) is 0.721. The summed E-state index contributed by atoms with van der Waals surface area (Å²) in [7, 11) is 0. The van der Waals surface area contributed by atoms with Crippen LogP contribution in [-0.4, -0.2) is 11.6 Å². The van der Waals surface area contributed by atoms with E-state index in [1.807, 2.05) is 0 Å². The molecule has 0 unspecified atom stereocenters. The summed E-state index contributed by atoms with van der Waals surface area (Å²) in [6.07, 6.45) is 0. The summed E-state index contributed by atoms with van der Waals surface area (Å²) in [6, 6.07) is 4.05. The summed E-state index contributed by atoms with van der Waals surface area (Å²) < 4.78 is 17.7. The van der Waals surface area contributed by atoms with E-state index in [9.17, 15) is 4.39 Å². The lowest BCUT2D eigenvalue weighted by Gasteiger charge is -2.04. The van der Waals surface area contributed by atoms with Gasteiger partial charge in [0.2, 0.25) is 0 Å². The first kappa shape index (κ1) is 10.2. The van der Waals surface area contributed by atoms with Crippen molar-refractivity contribution in [2.24, 2.45) is 5.73 Å². The molecule has 2 nitrogen and oxygen atoms in total. The van der Waals surface area contributed by atoms with E-state index in [1.54, 1.807) is 0 Å². The van der Waals surface area contributed by atoms with Gasteiger partial charge in [-0.25, -0.2) is 4.39 Å². The molecule has 1 aromatic rings. The normalized spacial score (nSPS) is 9.69. The van der Waals surface area contributed by atoms with Crippen molar-refractivity contribution in [1.29, 1.82) is 0 Å². The molecule has 0 fully saturated rings. The zero-order valence-corrected chi connectivity index (χ0v) is 8.16. The van der Waals surface area contributed by atoms with Gasteiger partial charge < -0.3 is 10.5 Å². The van der Waals surface area contributed by atoms with Crippen LogP contribution in [0.5, 0.6) is 5.75 Å². The van der Waals surface area contributed by atoms with Crippen molar-refractivity contribution >= 4 is 28.8 Å². The molecule has 2 N–H and O–H groups in total. The van der Waals surface area contributed by atoms with E-state index in [4.69, 9.17) is 22.1 Å². The van der Waals surface area contributed by atoms with Crippen LogP contribution in [-0.2, 0) is 0 Å². The predicted octanol–water partition coefficient (Wildman–Crippen LogP) is 2.14. The van der Waals surface area contributed by atoms with Crippen LogP contribution in [0, 0.1) is 5.82 Å². The monoisotopic (exact) mass is 219 g/mol. The molecule has 0 saturated heterocycles. The molecule has 0 atom stereocenters. The third kappa shape index (κ3) is 3.16. The zero-order chi connectivity index (χ0) is 9.84. The third-order valence-corrected chi connectivity index (χ3v) is 1.68. The van der Waals surface area contributed by atoms with Crippen molar-refractivity contribution in [3.05, 3.63) is 29.0 Å². The molecule has 0 bridgehead atoms. The second-order valence-electron chi connectivity index (χ2n) is 2.33. The average Bonchev–Trinajstić information content (AvgIpc) is 2.07. The molecule has 0 heterocycles. The van der Waals surface area contributed by atoms with E-state index in [0.29, 0.717) is 5.75 Å². The Kier molecular flexibility index (Phi) is 3.45. The van der Waals surface area contributed by atoms with Gasteiger partial charge in [0.05, 0.1) is 5.02 Å². The Morgan fingerprint density at radius 1 is 1.62 bits per heavy atom. The quantitative estimate of drug-likeness (QED) is 0.792. The van der Waals surface area contributed by atoms with E-state index in [0.717, 1.165) is 0 Å². The number of ether oxygens (including phenoxy) is 1. The molecule has 0 amide bonds. The second kappa shape index (κ2) is 4.39. The lowest BCUT2D eigenvalue weighted by Crippen LogP contribution is -2.17. The second-order valence-corrected chi connectivity index (χ2v) is 3.26. The fraction of sp³-hybridized carbons (Fsp3) is 0.125. The summed E-state index contributed by atoms with van der Waals surface area (Å²) >= 11 is 10.1. The summed E-state index contributed by atoms with van der Waals surface area (Å²) in [5, 5.41) is 0.0143. The maximum Gasteiger partial charge on any atom is 0.142 e. The Morgan fingerprint density at radius 2 is 2.31 bits per heavy atom. The highest BCUT2D eigenvalue weighted by Crippen LogP contribution is 2.20. The Balaban J connectivity index is 2.68. The number of hydrogen-bond acceptors (Lipinski definition) is 2. The smallest absolute Gasteiger partial charge is 0.142 e. The van der Waals surface area contributed by atoms with E-state index in [-0.39, 0.29) is 16.6 Å². The van der Waals surface area contributed by atoms with Crippen molar-refractivity contribution in [3.8, 4) is 5.75 Å². The number of benzene rings is 1. The third-order valence-electron chi connectivity index (χ3n) is 1.27. The van der Waals surface area contributed by atoms with Crippen molar-refractivity contribution in [3.63, 3.8) is 0 Å². The molecule has 0 aromatic heterocycles. The lowest BCUT2D eigenvalue weighted by atomic mass is 10.3. The summed E-state index contributed by atoms with van der Waals surface area (Å²) in [4.78, 5) is 0.237. The van der Waals surface area contributed by atoms with Gasteiger partial charge in [0.25, 0.3) is 0 Å². The van der Waals surface area contributed by atoms with Gasteiger partial charge in [-0.3, -0.25) is 0 Å². The largest absolute Gasteiger partial charge is 0.486 e. The Bertz CT molecular complexity index is 332. The molecule has 0 aliphatic heterocycles. The van der Waals surface area contributed by atoms with Gasteiger partial charge in [0, 0.05) is 6.07 Å². The predicted molar refractivity (Wildman–Crippen MR) is 53.7 cm³/mol. The first-order chi connectivity index (χ1) is 6.09. The zero-order valence-electron chi connectivity index (χ0n) is 6.59. The Labute approximate surface area is 85.4 Å². The van der Waals surface area contributed by atoms with Crippen LogP contribution in [0.25, 0.3) is 0 Å². The van der Waals surface area contributed by atoms with Gasteiger partial charge in [-0.15, -0.1) is 0 Å². The van der Waals surface area contributed by atoms with Gasteiger partial charge >= 0.3 is 0 Å². The topological polar surface area (TPSA) is 35.2 Å². The molecular weight excluding hydrogens is 213 g/mol. The number of nitrogens with two attached hydrogens (primary N) is 1. The van der Waals surface area contributed by atoms with E-state index >= 15 is 0 Å². The highest BCUT2D eigenvalue weighted by atomic mass is 35.5. The molecule has 0 spiro atoms. The molecule has 13 heavy (non-hydrogen) atoms. The van der Waals surface area contributed by atoms with Gasteiger partial charge in [0.1, 0.15) is 23.2 Å². The maximum atomic E-state index is 12.7.